The normalized spacial score (nSPS) is 10.3. The predicted molar refractivity (Wildman–Crippen MR) is 69.3 cm³/mol. The van der Waals surface area contributed by atoms with Crippen molar-refractivity contribution < 1.29 is 19.6 Å². The highest BCUT2D eigenvalue weighted by molar-refractivity contribution is 6.06. The maximum atomic E-state index is 11.1. The Kier molecular flexibility index (Phi) is 3.28. The third-order valence-corrected chi connectivity index (χ3v) is 2.83. The molecule has 0 aliphatic heterocycles. The minimum absolute atomic E-state index is 0.0598. The second-order valence-electron chi connectivity index (χ2n) is 3.92. The Labute approximate surface area is 115 Å². The lowest BCUT2D eigenvalue weighted by molar-refractivity contribution is -0.422. The van der Waals surface area contributed by atoms with Crippen molar-refractivity contribution in [1.82, 2.24) is 0 Å². The van der Waals surface area contributed by atoms with Crippen molar-refractivity contribution in [1.29, 1.82) is 0 Å². The fourth-order valence-corrected chi connectivity index (χ4v) is 2.01. The molecule has 0 N–H and O–H groups in total. The zero-order valence-electron chi connectivity index (χ0n) is 10.1. The molecule has 0 aromatic heterocycles. The topological polar surface area (TPSA) is 146 Å². The first-order valence-electron chi connectivity index (χ1n) is 5.36. The number of carbonyl (C=O) groups is 1. The SMILES string of the molecule is O=Cc1ccc2ccc([N+](=O)[O-])c([N+](=O)[O-])c2c1[N+](=O)[O-]. The van der Waals surface area contributed by atoms with E-state index in [0.29, 0.717) is 0 Å². The molecule has 0 aliphatic carbocycles. The van der Waals surface area contributed by atoms with Gasteiger partial charge in [0.2, 0.25) is 0 Å². The van der Waals surface area contributed by atoms with E-state index in [9.17, 15) is 35.1 Å². The second kappa shape index (κ2) is 4.92. The van der Waals surface area contributed by atoms with Crippen LogP contribution in [0.5, 0.6) is 0 Å². The monoisotopic (exact) mass is 291 g/mol. The summed E-state index contributed by atoms with van der Waals surface area (Å²) in [6.07, 6.45) is 0.167. The van der Waals surface area contributed by atoms with E-state index in [-0.39, 0.29) is 11.7 Å². The van der Waals surface area contributed by atoms with Crippen LogP contribution >= 0.6 is 0 Å². The molecular formula is C11H5N3O7. The van der Waals surface area contributed by atoms with E-state index in [1.807, 2.05) is 0 Å². The summed E-state index contributed by atoms with van der Waals surface area (Å²) in [5.74, 6) is 0. The van der Waals surface area contributed by atoms with Crippen LogP contribution in [-0.4, -0.2) is 21.1 Å². The Morgan fingerprint density at radius 1 is 0.810 bits per heavy atom. The molecule has 0 amide bonds. The number of hydrogen-bond acceptors (Lipinski definition) is 7. The predicted octanol–water partition coefficient (Wildman–Crippen LogP) is 2.38. The summed E-state index contributed by atoms with van der Waals surface area (Å²) in [7, 11) is 0. The molecule has 2 rings (SSSR count). The van der Waals surface area contributed by atoms with E-state index < -0.39 is 42.8 Å². The number of nitrogens with zero attached hydrogens (tertiary/aromatic N) is 3. The number of nitro groups is 3. The van der Waals surface area contributed by atoms with E-state index in [2.05, 4.69) is 0 Å². The fraction of sp³-hybridized carbons (Fsp3) is 0. The lowest BCUT2D eigenvalue weighted by Gasteiger charge is -2.03. The van der Waals surface area contributed by atoms with E-state index in [1.54, 1.807) is 0 Å². The van der Waals surface area contributed by atoms with Crippen LogP contribution in [0.3, 0.4) is 0 Å². The quantitative estimate of drug-likeness (QED) is 0.477. The van der Waals surface area contributed by atoms with Crippen LogP contribution in [0.1, 0.15) is 10.4 Å². The van der Waals surface area contributed by atoms with E-state index >= 15 is 0 Å². The second-order valence-corrected chi connectivity index (χ2v) is 3.92. The summed E-state index contributed by atoms with van der Waals surface area (Å²) in [6, 6.07) is 4.43. The number of aldehydes is 1. The molecule has 0 heterocycles. The van der Waals surface area contributed by atoms with Gasteiger partial charge in [-0.05, 0) is 17.5 Å². The zero-order valence-corrected chi connectivity index (χ0v) is 10.1. The van der Waals surface area contributed by atoms with Crippen LogP contribution in [0.4, 0.5) is 17.1 Å². The van der Waals surface area contributed by atoms with Gasteiger partial charge in [-0.3, -0.25) is 35.1 Å². The molecule has 0 saturated heterocycles. The molecule has 21 heavy (non-hydrogen) atoms. The molecule has 2 aromatic carbocycles. The van der Waals surface area contributed by atoms with Crippen LogP contribution in [0, 0.1) is 30.3 Å². The third kappa shape index (κ3) is 2.14. The van der Waals surface area contributed by atoms with Gasteiger partial charge in [-0.2, -0.15) is 0 Å². The molecule has 0 atom stereocenters. The van der Waals surface area contributed by atoms with Crippen molar-refractivity contribution >= 4 is 34.1 Å². The molecular weight excluding hydrogens is 286 g/mol. The van der Waals surface area contributed by atoms with Gasteiger partial charge in [0.15, 0.2) is 6.29 Å². The van der Waals surface area contributed by atoms with Gasteiger partial charge in [0, 0.05) is 6.07 Å². The maximum Gasteiger partial charge on any atom is 0.360 e. The highest BCUT2D eigenvalue weighted by Gasteiger charge is 2.33. The number of benzene rings is 2. The van der Waals surface area contributed by atoms with Gasteiger partial charge in [-0.25, -0.2) is 0 Å². The standard InChI is InChI=1S/C11H5N3O7/c15-5-7-2-1-6-3-4-8(12(16)17)11(14(20)21)9(6)10(7)13(18)19/h1-5H. The summed E-state index contributed by atoms with van der Waals surface area (Å²) in [6.45, 7) is 0. The number of hydrogen-bond donors (Lipinski definition) is 0. The molecule has 0 saturated carbocycles. The van der Waals surface area contributed by atoms with E-state index in [1.165, 1.54) is 6.07 Å². The summed E-state index contributed by atoms with van der Waals surface area (Å²) in [4.78, 5) is 40.9. The lowest BCUT2D eigenvalue weighted by Crippen LogP contribution is -2.02. The first kappa shape index (κ1) is 14.0. The number of fused-ring (bicyclic) bond motifs is 1. The molecule has 2 aromatic rings. The third-order valence-electron chi connectivity index (χ3n) is 2.83. The minimum atomic E-state index is -1.07. The number of rotatable bonds is 4. The molecule has 0 spiro atoms. The molecule has 0 aliphatic rings. The summed E-state index contributed by atoms with van der Waals surface area (Å²) in [5.41, 5.74) is -3.10. The van der Waals surface area contributed by atoms with Crippen LogP contribution in [-0.2, 0) is 0 Å². The van der Waals surface area contributed by atoms with Crippen LogP contribution < -0.4 is 0 Å². The minimum Gasteiger partial charge on any atom is -0.298 e. The van der Waals surface area contributed by atoms with Gasteiger partial charge in [0.25, 0.3) is 5.69 Å². The summed E-state index contributed by atoms with van der Waals surface area (Å²) < 4.78 is 0. The Hall–Kier alpha value is -3.43. The fourth-order valence-electron chi connectivity index (χ4n) is 2.01. The molecule has 0 bridgehead atoms. The smallest absolute Gasteiger partial charge is 0.298 e. The largest absolute Gasteiger partial charge is 0.360 e. The van der Waals surface area contributed by atoms with Crippen molar-refractivity contribution in [3.05, 3.63) is 60.2 Å². The van der Waals surface area contributed by atoms with Crippen molar-refractivity contribution in [2.24, 2.45) is 0 Å². The number of carbonyl (C=O) groups excluding carboxylic acids is 1. The molecule has 0 unspecified atom stereocenters. The van der Waals surface area contributed by atoms with Gasteiger partial charge < -0.3 is 0 Å². The van der Waals surface area contributed by atoms with Gasteiger partial charge in [0.05, 0.1) is 20.3 Å². The van der Waals surface area contributed by atoms with Gasteiger partial charge in [-0.1, -0.05) is 6.07 Å². The number of nitro benzene ring substituents is 3. The van der Waals surface area contributed by atoms with E-state index in [0.717, 1.165) is 18.2 Å². The van der Waals surface area contributed by atoms with Crippen molar-refractivity contribution in [3.63, 3.8) is 0 Å². The summed E-state index contributed by atoms with van der Waals surface area (Å²) >= 11 is 0. The van der Waals surface area contributed by atoms with Gasteiger partial charge in [-0.15, -0.1) is 0 Å². The molecule has 10 heteroatoms. The molecule has 0 fully saturated rings. The van der Waals surface area contributed by atoms with Crippen LogP contribution in [0.25, 0.3) is 10.8 Å². The Balaban J connectivity index is 3.12. The maximum absolute atomic E-state index is 11.1. The molecule has 106 valence electrons. The summed E-state index contributed by atoms with van der Waals surface area (Å²) in [5, 5.41) is 32.6. The van der Waals surface area contributed by atoms with Crippen molar-refractivity contribution in [2.45, 2.75) is 0 Å². The van der Waals surface area contributed by atoms with Gasteiger partial charge >= 0.3 is 11.4 Å². The highest BCUT2D eigenvalue weighted by Crippen LogP contribution is 2.41. The van der Waals surface area contributed by atoms with Crippen molar-refractivity contribution in [2.75, 3.05) is 0 Å². The van der Waals surface area contributed by atoms with Crippen LogP contribution in [0.15, 0.2) is 24.3 Å². The first-order valence-corrected chi connectivity index (χ1v) is 5.36. The lowest BCUT2D eigenvalue weighted by atomic mass is 10.0. The van der Waals surface area contributed by atoms with Gasteiger partial charge in [0.1, 0.15) is 5.39 Å². The molecule has 10 nitrogen and oxygen atoms in total. The van der Waals surface area contributed by atoms with E-state index in [4.69, 9.17) is 0 Å². The molecule has 0 radical (unpaired) electrons. The van der Waals surface area contributed by atoms with Crippen molar-refractivity contribution in [3.8, 4) is 0 Å². The Morgan fingerprint density at radius 3 is 1.86 bits per heavy atom. The zero-order chi connectivity index (χ0) is 15.7. The average molecular weight is 291 g/mol. The first-order chi connectivity index (χ1) is 9.88. The highest BCUT2D eigenvalue weighted by atomic mass is 16.6. The van der Waals surface area contributed by atoms with Crippen LogP contribution in [0.2, 0.25) is 0 Å². The Morgan fingerprint density at radius 2 is 1.38 bits per heavy atom. The average Bonchev–Trinajstić information content (AvgIpc) is 2.43. The Bertz CT molecular complexity index is 815.